The van der Waals surface area contributed by atoms with Crippen molar-refractivity contribution in [3.05, 3.63) is 47.3 Å². The van der Waals surface area contributed by atoms with Crippen molar-refractivity contribution < 1.29 is 36.2 Å². The number of sulfonamides is 1. The first-order valence-electron chi connectivity index (χ1n) is 9.33. The second-order valence-corrected chi connectivity index (χ2v) is 9.58. The Labute approximate surface area is 197 Å². The monoisotopic (exact) mass is 518 g/mol. The quantitative estimate of drug-likeness (QED) is 0.457. The minimum Gasteiger partial charge on any atom is -0.481 e. The molecule has 34 heavy (non-hydrogen) atoms. The van der Waals surface area contributed by atoms with Crippen LogP contribution in [0.25, 0.3) is 10.4 Å². The standard InChI is InChI=1S/C18H20N4O3S2.C2HF3O2/c1-10-5-6-13(17-12(3)21-18(19)26-17)8-15(10)27(23,24)22-14-9-20-16(25-4)7-11(14)2;3-2(4,5)1(6)7/h5-9,22H,1-4H3,(H2,19,21);(H,6,7). The zero-order valence-corrected chi connectivity index (χ0v) is 20.0. The zero-order chi connectivity index (χ0) is 25.8. The molecule has 0 amide bonds. The summed E-state index contributed by atoms with van der Waals surface area (Å²) in [6.07, 6.45) is -3.64. The number of aryl methyl sites for hydroxylation is 3. The molecule has 0 saturated heterocycles. The van der Waals surface area contributed by atoms with E-state index < -0.39 is 22.2 Å². The number of ether oxygens (including phenoxy) is 1. The highest BCUT2D eigenvalue weighted by Crippen LogP contribution is 2.34. The first-order valence-corrected chi connectivity index (χ1v) is 11.6. The lowest BCUT2D eigenvalue weighted by Gasteiger charge is -2.13. The number of nitrogens with zero attached hydrogens (tertiary/aromatic N) is 2. The van der Waals surface area contributed by atoms with Gasteiger partial charge in [-0.3, -0.25) is 4.72 Å². The number of aromatic nitrogens is 2. The Hall–Kier alpha value is -3.39. The number of rotatable bonds is 5. The van der Waals surface area contributed by atoms with E-state index in [1.807, 2.05) is 13.0 Å². The summed E-state index contributed by atoms with van der Waals surface area (Å²) in [7, 11) is -2.29. The Morgan fingerprint density at radius 3 is 2.26 bits per heavy atom. The van der Waals surface area contributed by atoms with Crippen LogP contribution < -0.4 is 15.2 Å². The fourth-order valence-electron chi connectivity index (χ4n) is 2.66. The van der Waals surface area contributed by atoms with E-state index in [0.717, 1.165) is 16.1 Å². The number of halogens is 3. The molecule has 0 unspecified atom stereocenters. The first kappa shape index (κ1) is 26.9. The maximum atomic E-state index is 13.0. The van der Waals surface area contributed by atoms with Gasteiger partial charge in [-0.1, -0.05) is 23.5 Å². The Morgan fingerprint density at radius 2 is 1.79 bits per heavy atom. The fraction of sp³-hybridized carbons (Fsp3) is 0.250. The van der Waals surface area contributed by atoms with E-state index in [-0.39, 0.29) is 4.90 Å². The summed E-state index contributed by atoms with van der Waals surface area (Å²) in [5.41, 5.74) is 9.06. The van der Waals surface area contributed by atoms with Crippen LogP contribution in [0.5, 0.6) is 5.88 Å². The second-order valence-electron chi connectivity index (χ2n) is 6.90. The maximum absolute atomic E-state index is 13.0. The number of carbonyl (C=O) groups is 1. The van der Waals surface area contributed by atoms with E-state index in [2.05, 4.69) is 14.7 Å². The van der Waals surface area contributed by atoms with Crippen molar-refractivity contribution in [2.24, 2.45) is 0 Å². The average molecular weight is 519 g/mol. The molecule has 0 aliphatic rings. The predicted molar refractivity (Wildman–Crippen MR) is 121 cm³/mol. The molecule has 2 aromatic heterocycles. The largest absolute Gasteiger partial charge is 0.490 e. The molecule has 14 heteroatoms. The molecular weight excluding hydrogens is 497 g/mol. The summed E-state index contributed by atoms with van der Waals surface area (Å²) < 4.78 is 65.4. The first-order chi connectivity index (χ1) is 15.7. The number of thiazole rings is 1. The van der Waals surface area contributed by atoms with Crippen LogP contribution in [0.1, 0.15) is 16.8 Å². The van der Waals surface area contributed by atoms with Gasteiger partial charge in [0.25, 0.3) is 10.0 Å². The predicted octanol–water partition coefficient (Wildman–Crippen LogP) is 4.16. The zero-order valence-electron chi connectivity index (χ0n) is 18.4. The van der Waals surface area contributed by atoms with Gasteiger partial charge in [0.15, 0.2) is 5.13 Å². The van der Waals surface area contributed by atoms with Crippen molar-refractivity contribution >= 4 is 38.1 Å². The molecule has 184 valence electrons. The lowest BCUT2D eigenvalue weighted by Crippen LogP contribution is -2.21. The number of carboxylic acids is 1. The molecule has 0 atom stereocenters. The molecule has 0 bridgehead atoms. The van der Waals surface area contributed by atoms with Crippen molar-refractivity contribution in [3.63, 3.8) is 0 Å². The molecule has 9 nitrogen and oxygen atoms in total. The van der Waals surface area contributed by atoms with Crippen LogP contribution in [-0.2, 0) is 14.8 Å². The highest BCUT2D eigenvalue weighted by atomic mass is 32.2. The van der Waals surface area contributed by atoms with Gasteiger partial charge in [-0.15, -0.1) is 0 Å². The third-order valence-electron chi connectivity index (χ3n) is 4.33. The molecule has 0 fully saturated rings. The summed E-state index contributed by atoms with van der Waals surface area (Å²) in [6, 6.07) is 6.96. The van der Waals surface area contributed by atoms with Gasteiger partial charge in [-0.2, -0.15) is 13.2 Å². The highest BCUT2D eigenvalue weighted by molar-refractivity contribution is 7.92. The van der Waals surface area contributed by atoms with E-state index in [1.54, 1.807) is 32.0 Å². The number of benzene rings is 1. The number of anilines is 2. The van der Waals surface area contributed by atoms with Crippen molar-refractivity contribution in [2.75, 3.05) is 17.6 Å². The lowest BCUT2D eigenvalue weighted by atomic mass is 10.1. The number of methoxy groups -OCH3 is 1. The van der Waals surface area contributed by atoms with E-state index in [1.165, 1.54) is 24.6 Å². The minimum absolute atomic E-state index is 0.196. The van der Waals surface area contributed by atoms with Gasteiger partial charge in [0, 0.05) is 6.07 Å². The molecule has 4 N–H and O–H groups in total. The van der Waals surface area contributed by atoms with Crippen molar-refractivity contribution in [3.8, 4) is 16.3 Å². The van der Waals surface area contributed by atoms with E-state index in [4.69, 9.17) is 20.4 Å². The SMILES string of the molecule is COc1cc(C)c(NS(=O)(=O)c2cc(-c3sc(N)nc3C)ccc2C)cn1.O=C(O)C(F)(F)F. The fourth-order valence-corrected chi connectivity index (χ4v) is 4.88. The van der Waals surface area contributed by atoms with E-state index >= 15 is 0 Å². The molecule has 3 aromatic rings. The third kappa shape index (κ3) is 6.57. The number of alkyl halides is 3. The maximum Gasteiger partial charge on any atom is 0.490 e. The number of nitrogens with two attached hydrogens (primary N) is 1. The smallest absolute Gasteiger partial charge is 0.481 e. The van der Waals surface area contributed by atoms with Gasteiger partial charge in [0.05, 0.1) is 34.5 Å². The van der Waals surface area contributed by atoms with Gasteiger partial charge in [0.2, 0.25) is 5.88 Å². The summed E-state index contributed by atoms with van der Waals surface area (Å²) >= 11 is 1.33. The van der Waals surface area contributed by atoms with Crippen molar-refractivity contribution in [2.45, 2.75) is 31.8 Å². The topological polar surface area (TPSA) is 144 Å². The molecule has 0 aliphatic heterocycles. The van der Waals surface area contributed by atoms with Crippen LogP contribution >= 0.6 is 11.3 Å². The summed E-state index contributed by atoms with van der Waals surface area (Å²) in [4.78, 5) is 18.2. The van der Waals surface area contributed by atoms with Crippen LogP contribution in [0.3, 0.4) is 0 Å². The molecule has 0 saturated carbocycles. The number of pyridine rings is 1. The average Bonchev–Trinajstić information content (AvgIpc) is 3.07. The van der Waals surface area contributed by atoms with Crippen LogP contribution in [0.15, 0.2) is 35.4 Å². The number of aliphatic carboxylic acids is 1. The van der Waals surface area contributed by atoms with E-state index in [9.17, 15) is 21.6 Å². The molecule has 0 aliphatic carbocycles. The third-order valence-corrected chi connectivity index (χ3v) is 6.88. The van der Waals surface area contributed by atoms with Crippen LogP contribution in [0.2, 0.25) is 0 Å². The van der Waals surface area contributed by atoms with Crippen LogP contribution in [-0.4, -0.2) is 42.7 Å². The summed E-state index contributed by atoms with van der Waals surface area (Å²) in [5.74, 6) is -2.33. The lowest BCUT2D eigenvalue weighted by molar-refractivity contribution is -0.192. The summed E-state index contributed by atoms with van der Waals surface area (Å²) in [5, 5.41) is 7.57. The number of nitrogens with one attached hydrogen (secondary N) is 1. The molecule has 3 rings (SSSR count). The van der Waals surface area contributed by atoms with Crippen LogP contribution in [0.4, 0.5) is 24.0 Å². The molecule has 2 heterocycles. The molecule has 0 radical (unpaired) electrons. The Bertz CT molecular complexity index is 1310. The second kappa shape index (κ2) is 10.3. The summed E-state index contributed by atoms with van der Waals surface area (Å²) in [6.45, 7) is 5.39. The Kier molecular flexibility index (Phi) is 8.10. The molecule has 1 aromatic carbocycles. The Balaban J connectivity index is 0.000000509. The number of hydrogen-bond donors (Lipinski definition) is 3. The van der Waals surface area contributed by atoms with Gasteiger partial charge in [-0.05, 0) is 43.5 Å². The normalized spacial score (nSPS) is 11.4. The van der Waals surface area contributed by atoms with Gasteiger partial charge < -0.3 is 15.6 Å². The minimum atomic E-state index is -5.08. The van der Waals surface area contributed by atoms with Gasteiger partial charge in [0.1, 0.15) is 0 Å². The van der Waals surface area contributed by atoms with Gasteiger partial charge >= 0.3 is 12.1 Å². The Morgan fingerprint density at radius 1 is 1.18 bits per heavy atom. The van der Waals surface area contributed by atoms with Crippen molar-refractivity contribution in [1.29, 1.82) is 0 Å². The van der Waals surface area contributed by atoms with Gasteiger partial charge in [-0.25, -0.2) is 23.2 Å². The number of nitrogen functional groups attached to an aromatic ring is 1. The molecular formula is C20H21F3N4O5S2. The molecule has 0 spiro atoms. The highest BCUT2D eigenvalue weighted by Gasteiger charge is 2.38. The van der Waals surface area contributed by atoms with Crippen LogP contribution in [0, 0.1) is 20.8 Å². The number of carboxylic acid groups (broad SMARTS) is 1. The number of hydrogen-bond acceptors (Lipinski definition) is 8. The van der Waals surface area contributed by atoms with Crippen molar-refractivity contribution in [1.82, 2.24) is 9.97 Å². The van der Waals surface area contributed by atoms with E-state index in [0.29, 0.717) is 27.8 Å².